The summed E-state index contributed by atoms with van der Waals surface area (Å²) < 4.78 is 32.9. The van der Waals surface area contributed by atoms with Crippen molar-refractivity contribution >= 4 is 9.84 Å². The minimum atomic E-state index is -2.89. The SMILES string of the molecule is CCC1O[C@H]2CS(=O)(=O)C[C@@H]2O1. The van der Waals surface area contributed by atoms with Gasteiger partial charge in [-0.25, -0.2) is 8.42 Å². The fraction of sp³-hybridized carbons (Fsp3) is 1.00. The molecule has 5 heteroatoms. The van der Waals surface area contributed by atoms with E-state index in [0.717, 1.165) is 6.42 Å². The lowest BCUT2D eigenvalue weighted by Crippen LogP contribution is -2.18. The zero-order valence-corrected chi connectivity index (χ0v) is 7.71. The van der Waals surface area contributed by atoms with Gasteiger partial charge in [-0.15, -0.1) is 0 Å². The van der Waals surface area contributed by atoms with Crippen LogP contribution in [-0.4, -0.2) is 38.4 Å². The van der Waals surface area contributed by atoms with E-state index in [9.17, 15) is 8.42 Å². The smallest absolute Gasteiger partial charge is 0.158 e. The van der Waals surface area contributed by atoms with Gasteiger partial charge >= 0.3 is 0 Å². The Morgan fingerprint density at radius 2 is 1.75 bits per heavy atom. The Morgan fingerprint density at radius 1 is 1.25 bits per heavy atom. The monoisotopic (exact) mass is 192 g/mol. The van der Waals surface area contributed by atoms with E-state index in [1.54, 1.807) is 0 Å². The molecule has 2 atom stereocenters. The number of hydrogen-bond acceptors (Lipinski definition) is 4. The van der Waals surface area contributed by atoms with Gasteiger partial charge < -0.3 is 9.47 Å². The van der Waals surface area contributed by atoms with Gasteiger partial charge in [-0.1, -0.05) is 6.92 Å². The summed E-state index contributed by atoms with van der Waals surface area (Å²) in [6.07, 6.45) is 0.183. The van der Waals surface area contributed by atoms with Crippen molar-refractivity contribution in [3.8, 4) is 0 Å². The molecule has 70 valence electrons. The first-order chi connectivity index (χ1) is 5.61. The molecule has 12 heavy (non-hydrogen) atoms. The van der Waals surface area contributed by atoms with Gasteiger partial charge in [0, 0.05) is 0 Å². The molecule has 0 saturated carbocycles. The first kappa shape index (κ1) is 8.47. The van der Waals surface area contributed by atoms with Crippen LogP contribution in [0.1, 0.15) is 13.3 Å². The molecule has 2 aliphatic rings. The van der Waals surface area contributed by atoms with Crippen molar-refractivity contribution in [2.24, 2.45) is 0 Å². The molecule has 0 spiro atoms. The summed E-state index contributed by atoms with van der Waals surface area (Å²) in [6, 6.07) is 0. The molecular weight excluding hydrogens is 180 g/mol. The third-order valence-corrected chi connectivity index (χ3v) is 3.91. The van der Waals surface area contributed by atoms with Crippen LogP contribution in [-0.2, 0) is 19.3 Å². The van der Waals surface area contributed by atoms with Gasteiger partial charge in [0.05, 0.1) is 11.5 Å². The second-order valence-corrected chi connectivity index (χ2v) is 5.42. The van der Waals surface area contributed by atoms with E-state index in [1.165, 1.54) is 0 Å². The van der Waals surface area contributed by atoms with Gasteiger partial charge in [-0.05, 0) is 6.42 Å². The third kappa shape index (κ3) is 1.36. The van der Waals surface area contributed by atoms with Crippen molar-refractivity contribution in [3.63, 3.8) is 0 Å². The molecule has 2 aliphatic heterocycles. The molecule has 0 N–H and O–H groups in total. The highest BCUT2D eigenvalue weighted by Crippen LogP contribution is 2.28. The topological polar surface area (TPSA) is 52.6 Å². The lowest BCUT2D eigenvalue weighted by Gasteiger charge is -2.07. The lowest BCUT2D eigenvalue weighted by atomic mass is 10.3. The first-order valence-corrected chi connectivity index (χ1v) is 5.94. The third-order valence-electron chi connectivity index (χ3n) is 2.24. The summed E-state index contributed by atoms with van der Waals surface area (Å²) in [5.41, 5.74) is 0. The highest BCUT2D eigenvalue weighted by molar-refractivity contribution is 7.91. The summed E-state index contributed by atoms with van der Waals surface area (Å²) in [4.78, 5) is 0. The molecule has 2 rings (SSSR count). The van der Waals surface area contributed by atoms with Crippen LogP contribution in [0.4, 0.5) is 0 Å². The lowest BCUT2D eigenvalue weighted by molar-refractivity contribution is -0.0641. The molecule has 2 saturated heterocycles. The van der Waals surface area contributed by atoms with E-state index in [4.69, 9.17) is 9.47 Å². The molecule has 0 unspecified atom stereocenters. The Kier molecular flexibility index (Phi) is 1.89. The van der Waals surface area contributed by atoms with E-state index in [2.05, 4.69) is 0 Å². The Bertz CT molecular complexity index is 251. The maximum atomic E-state index is 11.1. The number of hydrogen-bond donors (Lipinski definition) is 0. The van der Waals surface area contributed by atoms with Gasteiger partial charge in [-0.2, -0.15) is 0 Å². The van der Waals surface area contributed by atoms with Gasteiger partial charge in [0.1, 0.15) is 12.2 Å². The van der Waals surface area contributed by atoms with Gasteiger partial charge in [0.25, 0.3) is 0 Å². The zero-order chi connectivity index (χ0) is 8.77. The van der Waals surface area contributed by atoms with Crippen molar-refractivity contribution in [1.29, 1.82) is 0 Å². The summed E-state index contributed by atoms with van der Waals surface area (Å²) in [6.45, 7) is 1.96. The minimum absolute atomic E-state index is 0.133. The molecule has 2 heterocycles. The molecule has 0 aromatic rings. The number of rotatable bonds is 1. The van der Waals surface area contributed by atoms with Gasteiger partial charge in [0.2, 0.25) is 0 Å². The van der Waals surface area contributed by atoms with E-state index >= 15 is 0 Å². The van der Waals surface area contributed by atoms with Crippen LogP contribution < -0.4 is 0 Å². The molecule has 4 nitrogen and oxygen atoms in total. The molecule has 0 aromatic carbocycles. The van der Waals surface area contributed by atoms with Crippen LogP contribution in [0.5, 0.6) is 0 Å². The standard InChI is InChI=1S/C7H12O4S/c1-2-7-10-5-3-12(8,9)4-6(5)11-7/h5-7H,2-4H2,1H3/t5-,6-/m0/s1. The molecule has 0 bridgehead atoms. The van der Waals surface area contributed by atoms with Crippen molar-refractivity contribution in [3.05, 3.63) is 0 Å². The summed E-state index contributed by atoms with van der Waals surface area (Å²) >= 11 is 0. The van der Waals surface area contributed by atoms with E-state index in [0.29, 0.717) is 0 Å². The molecule has 0 aromatic heterocycles. The minimum Gasteiger partial charge on any atom is -0.346 e. The summed E-state index contributed by atoms with van der Waals surface area (Å²) in [5.74, 6) is 0.266. The van der Waals surface area contributed by atoms with Crippen LogP contribution in [0, 0.1) is 0 Å². The number of sulfone groups is 1. The van der Waals surface area contributed by atoms with E-state index in [1.807, 2.05) is 6.92 Å². The fourth-order valence-electron chi connectivity index (χ4n) is 1.65. The Morgan fingerprint density at radius 3 is 2.17 bits per heavy atom. The van der Waals surface area contributed by atoms with Crippen molar-refractivity contribution in [2.45, 2.75) is 31.8 Å². The van der Waals surface area contributed by atoms with Crippen LogP contribution in [0.2, 0.25) is 0 Å². The van der Waals surface area contributed by atoms with E-state index < -0.39 is 9.84 Å². The molecule has 0 amide bonds. The molecule has 0 aliphatic carbocycles. The maximum Gasteiger partial charge on any atom is 0.158 e. The summed E-state index contributed by atoms with van der Waals surface area (Å²) in [5, 5.41) is 0. The zero-order valence-electron chi connectivity index (χ0n) is 6.89. The van der Waals surface area contributed by atoms with Crippen LogP contribution >= 0.6 is 0 Å². The summed E-state index contributed by atoms with van der Waals surface area (Å²) in [7, 11) is -2.89. The van der Waals surface area contributed by atoms with E-state index in [-0.39, 0.29) is 30.0 Å². The highest BCUT2D eigenvalue weighted by Gasteiger charge is 2.45. The van der Waals surface area contributed by atoms with Gasteiger partial charge in [0.15, 0.2) is 16.1 Å². The molecular formula is C7H12O4S. The fourth-order valence-corrected chi connectivity index (χ4v) is 3.38. The second-order valence-electron chi connectivity index (χ2n) is 3.26. The first-order valence-electron chi connectivity index (χ1n) is 4.12. The number of fused-ring (bicyclic) bond motifs is 1. The van der Waals surface area contributed by atoms with Crippen LogP contribution in [0.25, 0.3) is 0 Å². The van der Waals surface area contributed by atoms with Crippen molar-refractivity contribution in [1.82, 2.24) is 0 Å². The normalized spacial score (nSPS) is 40.1. The second kappa shape index (κ2) is 2.68. The molecule has 2 fully saturated rings. The predicted molar refractivity (Wildman–Crippen MR) is 42.5 cm³/mol. The average Bonchev–Trinajstić information content (AvgIpc) is 2.40. The largest absolute Gasteiger partial charge is 0.346 e. The quantitative estimate of drug-likeness (QED) is 0.584. The maximum absolute atomic E-state index is 11.1. The predicted octanol–water partition coefficient (Wildman–Crippen LogP) is -0.0651. The van der Waals surface area contributed by atoms with Crippen molar-refractivity contribution in [2.75, 3.05) is 11.5 Å². The Labute approximate surface area is 71.8 Å². The number of ether oxygens (including phenoxy) is 2. The van der Waals surface area contributed by atoms with Crippen LogP contribution in [0.15, 0.2) is 0 Å². The highest BCUT2D eigenvalue weighted by atomic mass is 32.2. The molecule has 0 radical (unpaired) electrons. The van der Waals surface area contributed by atoms with Gasteiger partial charge in [-0.3, -0.25) is 0 Å². The average molecular weight is 192 g/mol. The Hall–Kier alpha value is -0.130. The Balaban J connectivity index is 2.07. The van der Waals surface area contributed by atoms with Crippen LogP contribution in [0.3, 0.4) is 0 Å². The van der Waals surface area contributed by atoms with Crippen molar-refractivity contribution < 1.29 is 17.9 Å².